The maximum Gasteiger partial charge on any atom is 0.256 e. The van der Waals surface area contributed by atoms with Crippen molar-refractivity contribution in [2.24, 2.45) is 5.92 Å². The zero-order valence-electron chi connectivity index (χ0n) is 19.2. The molecular formula is C25H31N3O4. The number of methoxy groups -OCH3 is 1. The predicted octanol–water partition coefficient (Wildman–Crippen LogP) is 3.87. The molecule has 1 aliphatic heterocycles. The number of fused-ring (bicyclic) bond motifs is 1. The number of para-hydroxylation sites is 1. The van der Waals surface area contributed by atoms with Gasteiger partial charge >= 0.3 is 0 Å². The number of carbonyl (C=O) groups excluding carboxylic acids is 1. The van der Waals surface area contributed by atoms with Gasteiger partial charge in [0, 0.05) is 41.5 Å². The van der Waals surface area contributed by atoms with Gasteiger partial charge in [0.05, 0.1) is 24.8 Å². The average molecular weight is 438 g/mol. The summed E-state index contributed by atoms with van der Waals surface area (Å²) < 4.78 is 13.2. The van der Waals surface area contributed by atoms with Gasteiger partial charge in [0.15, 0.2) is 0 Å². The molecule has 1 amide bonds. The van der Waals surface area contributed by atoms with Crippen LogP contribution in [-0.2, 0) is 11.3 Å². The summed E-state index contributed by atoms with van der Waals surface area (Å²) in [6.07, 6.45) is 2.04. The molecule has 0 radical (unpaired) electrons. The van der Waals surface area contributed by atoms with Crippen molar-refractivity contribution in [1.82, 2.24) is 14.9 Å². The van der Waals surface area contributed by atoms with E-state index in [0.717, 1.165) is 42.7 Å². The molecule has 2 aromatic heterocycles. The van der Waals surface area contributed by atoms with Gasteiger partial charge in [0.1, 0.15) is 5.75 Å². The van der Waals surface area contributed by atoms with Crippen LogP contribution in [0.25, 0.3) is 10.9 Å². The van der Waals surface area contributed by atoms with Crippen molar-refractivity contribution >= 4 is 16.8 Å². The van der Waals surface area contributed by atoms with E-state index in [2.05, 4.69) is 27.9 Å². The quantitative estimate of drug-likeness (QED) is 0.613. The molecule has 1 atom stereocenters. The molecule has 7 heteroatoms. The zero-order valence-corrected chi connectivity index (χ0v) is 19.2. The van der Waals surface area contributed by atoms with E-state index < -0.39 is 0 Å². The van der Waals surface area contributed by atoms with Crippen molar-refractivity contribution in [3.05, 3.63) is 63.2 Å². The van der Waals surface area contributed by atoms with E-state index in [4.69, 9.17) is 9.47 Å². The Bertz CT molecular complexity index is 1190. The molecule has 0 aliphatic carbocycles. The maximum atomic E-state index is 13.3. The fourth-order valence-corrected chi connectivity index (χ4v) is 4.90. The lowest BCUT2D eigenvalue weighted by Gasteiger charge is -2.30. The Morgan fingerprint density at radius 3 is 2.72 bits per heavy atom. The monoisotopic (exact) mass is 437 g/mol. The lowest BCUT2D eigenvalue weighted by atomic mass is 9.92. The van der Waals surface area contributed by atoms with Gasteiger partial charge in [0.25, 0.3) is 11.5 Å². The maximum absolute atomic E-state index is 13.3. The molecule has 0 spiro atoms. The van der Waals surface area contributed by atoms with Gasteiger partial charge in [-0.05, 0) is 51.7 Å². The summed E-state index contributed by atoms with van der Waals surface area (Å²) in [6, 6.07) is 10.0. The third-order valence-electron chi connectivity index (χ3n) is 6.61. The molecular weight excluding hydrogens is 406 g/mol. The standard InChI is InChI=1S/C25H31N3O4/c1-15-13-22(31-4)20(24(29)27-15)14-26-25(30)23-17(3)28(21-8-6-5-7-19(21)23)16(2)18-9-11-32-12-10-18/h5-8,13,16,18H,9-12,14H2,1-4H3,(H,26,30)(H,27,29). The molecule has 0 bridgehead atoms. The molecule has 32 heavy (non-hydrogen) atoms. The summed E-state index contributed by atoms with van der Waals surface area (Å²) >= 11 is 0. The molecule has 1 aliphatic rings. The molecule has 3 aromatic rings. The normalized spacial score (nSPS) is 15.6. The molecule has 0 saturated carbocycles. The minimum absolute atomic E-state index is 0.0894. The van der Waals surface area contributed by atoms with Gasteiger partial charge in [0.2, 0.25) is 0 Å². The van der Waals surface area contributed by atoms with E-state index >= 15 is 0 Å². The van der Waals surface area contributed by atoms with Crippen LogP contribution in [0.5, 0.6) is 5.75 Å². The summed E-state index contributed by atoms with van der Waals surface area (Å²) in [5.41, 5.74) is 3.51. The Hall–Kier alpha value is -3.06. The number of aryl methyl sites for hydroxylation is 1. The van der Waals surface area contributed by atoms with Gasteiger partial charge in [-0.25, -0.2) is 0 Å². The number of benzene rings is 1. The Balaban J connectivity index is 1.67. The molecule has 170 valence electrons. The highest BCUT2D eigenvalue weighted by atomic mass is 16.5. The molecule has 1 aromatic carbocycles. The lowest BCUT2D eigenvalue weighted by molar-refractivity contribution is 0.0517. The van der Waals surface area contributed by atoms with E-state index in [1.54, 1.807) is 13.0 Å². The minimum Gasteiger partial charge on any atom is -0.496 e. The number of pyridine rings is 1. The second kappa shape index (κ2) is 9.20. The van der Waals surface area contributed by atoms with Crippen molar-refractivity contribution in [3.63, 3.8) is 0 Å². The summed E-state index contributed by atoms with van der Waals surface area (Å²) in [5.74, 6) is 0.780. The van der Waals surface area contributed by atoms with Crippen LogP contribution in [0, 0.1) is 19.8 Å². The SMILES string of the molecule is COc1cc(C)[nH]c(=O)c1CNC(=O)c1c(C)n(C(C)C2CCOCC2)c2ccccc12. The number of carbonyl (C=O) groups is 1. The van der Waals surface area contributed by atoms with Crippen LogP contribution in [0.4, 0.5) is 0 Å². The highest BCUT2D eigenvalue weighted by molar-refractivity contribution is 6.08. The van der Waals surface area contributed by atoms with Crippen LogP contribution in [0.15, 0.2) is 35.1 Å². The second-order valence-corrected chi connectivity index (χ2v) is 8.55. The van der Waals surface area contributed by atoms with Crippen molar-refractivity contribution < 1.29 is 14.3 Å². The van der Waals surface area contributed by atoms with E-state index in [1.807, 2.05) is 25.1 Å². The molecule has 3 heterocycles. The number of aromatic amines is 1. The van der Waals surface area contributed by atoms with Crippen molar-refractivity contribution in [2.75, 3.05) is 20.3 Å². The summed E-state index contributed by atoms with van der Waals surface area (Å²) in [4.78, 5) is 28.5. The van der Waals surface area contributed by atoms with Crippen LogP contribution < -0.4 is 15.6 Å². The summed E-state index contributed by atoms with van der Waals surface area (Å²) in [7, 11) is 1.52. The van der Waals surface area contributed by atoms with E-state index in [1.165, 1.54) is 7.11 Å². The third kappa shape index (κ3) is 4.05. The molecule has 1 saturated heterocycles. The number of amides is 1. The van der Waals surface area contributed by atoms with Crippen molar-refractivity contribution in [2.45, 2.75) is 46.2 Å². The molecule has 2 N–H and O–H groups in total. The van der Waals surface area contributed by atoms with Crippen molar-refractivity contribution in [1.29, 1.82) is 0 Å². The minimum atomic E-state index is -0.255. The first-order valence-electron chi connectivity index (χ1n) is 11.1. The number of nitrogens with zero attached hydrogens (tertiary/aromatic N) is 1. The number of ether oxygens (including phenoxy) is 2. The zero-order chi connectivity index (χ0) is 22.8. The van der Waals surface area contributed by atoms with E-state index in [0.29, 0.717) is 28.5 Å². The van der Waals surface area contributed by atoms with E-state index in [9.17, 15) is 9.59 Å². The topological polar surface area (TPSA) is 85.4 Å². The number of rotatable bonds is 6. The number of nitrogens with one attached hydrogen (secondary N) is 2. The first-order chi connectivity index (χ1) is 15.4. The largest absolute Gasteiger partial charge is 0.496 e. The van der Waals surface area contributed by atoms with Gasteiger partial charge in [-0.2, -0.15) is 0 Å². The number of H-pyrrole nitrogens is 1. The first kappa shape index (κ1) is 22.1. The Kier molecular flexibility index (Phi) is 6.37. The molecule has 7 nitrogen and oxygen atoms in total. The van der Waals surface area contributed by atoms with Gasteiger partial charge < -0.3 is 24.3 Å². The smallest absolute Gasteiger partial charge is 0.256 e. The van der Waals surface area contributed by atoms with Crippen LogP contribution in [0.3, 0.4) is 0 Å². The predicted molar refractivity (Wildman–Crippen MR) is 124 cm³/mol. The van der Waals surface area contributed by atoms with Crippen LogP contribution in [0.1, 0.15) is 53.1 Å². The van der Waals surface area contributed by atoms with Gasteiger partial charge in [-0.3, -0.25) is 9.59 Å². The van der Waals surface area contributed by atoms with Gasteiger partial charge in [-0.15, -0.1) is 0 Å². The van der Waals surface area contributed by atoms with Crippen LogP contribution in [0.2, 0.25) is 0 Å². The highest BCUT2D eigenvalue weighted by Gasteiger charge is 2.27. The molecule has 4 rings (SSSR count). The van der Waals surface area contributed by atoms with E-state index in [-0.39, 0.29) is 24.1 Å². The van der Waals surface area contributed by atoms with Gasteiger partial charge in [-0.1, -0.05) is 18.2 Å². The summed E-state index contributed by atoms with van der Waals surface area (Å²) in [6.45, 7) is 7.69. The Morgan fingerprint density at radius 1 is 1.28 bits per heavy atom. The lowest BCUT2D eigenvalue weighted by Crippen LogP contribution is -2.28. The Labute approximate surface area is 187 Å². The number of hydrogen-bond acceptors (Lipinski definition) is 4. The number of aromatic nitrogens is 2. The molecule has 1 fully saturated rings. The molecule has 1 unspecified atom stereocenters. The fourth-order valence-electron chi connectivity index (χ4n) is 4.90. The third-order valence-corrected chi connectivity index (χ3v) is 6.61. The average Bonchev–Trinajstić information content (AvgIpc) is 3.09. The second-order valence-electron chi connectivity index (χ2n) is 8.55. The van der Waals surface area contributed by atoms with Crippen LogP contribution >= 0.6 is 0 Å². The first-order valence-corrected chi connectivity index (χ1v) is 11.1. The fraction of sp³-hybridized carbons (Fsp3) is 0.440. The van der Waals surface area contributed by atoms with Crippen molar-refractivity contribution in [3.8, 4) is 5.75 Å². The highest BCUT2D eigenvalue weighted by Crippen LogP contribution is 2.35. The van der Waals surface area contributed by atoms with Crippen LogP contribution in [-0.4, -0.2) is 35.8 Å². The number of hydrogen-bond donors (Lipinski definition) is 2. The summed E-state index contributed by atoms with van der Waals surface area (Å²) in [5, 5.41) is 3.87. The Morgan fingerprint density at radius 2 is 2.00 bits per heavy atom.